The summed E-state index contributed by atoms with van der Waals surface area (Å²) in [6.07, 6.45) is 0. The molecule has 0 aliphatic heterocycles. The fraction of sp³-hybridized carbons (Fsp3) is 0.231. The lowest BCUT2D eigenvalue weighted by Crippen LogP contribution is -2.05. The summed E-state index contributed by atoms with van der Waals surface area (Å²) in [6.45, 7) is 1.94. The van der Waals surface area contributed by atoms with Crippen LogP contribution in [0.1, 0.15) is 18.4 Å². The van der Waals surface area contributed by atoms with Crippen LogP contribution in [-0.4, -0.2) is 14.5 Å². The van der Waals surface area contributed by atoms with E-state index >= 15 is 0 Å². The molecular weight excluding hydrogens is 220 g/mol. The third kappa shape index (κ3) is 2.31. The fourth-order valence-electron chi connectivity index (χ4n) is 1.97. The van der Waals surface area contributed by atoms with Gasteiger partial charge in [-0.1, -0.05) is 60.5 Å². The summed E-state index contributed by atoms with van der Waals surface area (Å²) >= 11 is -1.99. The maximum absolute atomic E-state index is 10.7. The van der Waals surface area contributed by atoms with E-state index in [9.17, 15) is 8.76 Å². The van der Waals surface area contributed by atoms with E-state index in [0.717, 1.165) is 16.3 Å². The standard InChI is InChI=1S/C13H14O2S/c1-10(9-16(14)15)12-8-4-6-11-5-2-3-7-13(11)12/h2-8,10H,9H2,1H3,(H,14,15)/p-1. The van der Waals surface area contributed by atoms with Crippen molar-refractivity contribution in [2.45, 2.75) is 12.8 Å². The average Bonchev–Trinajstić information content (AvgIpc) is 2.27. The third-order valence-electron chi connectivity index (χ3n) is 2.74. The molecule has 3 heteroatoms. The van der Waals surface area contributed by atoms with Gasteiger partial charge < -0.3 is 4.55 Å². The number of rotatable bonds is 3. The first-order valence-corrected chi connectivity index (χ1v) is 6.46. The summed E-state index contributed by atoms with van der Waals surface area (Å²) in [5, 5.41) is 2.30. The van der Waals surface area contributed by atoms with Crippen molar-refractivity contribution in [3.8, 4) is 0 Å². The molecule has 2 unspecified atom stereocenters. The SMILES string of the molecule is CC(CS(=O)[O-])c1cccc2ccccc12. The van der Waals surface area contributed by atoms with Crippen molar-refractivity contribution in [3.05, 3.63) is 48.0 Å². The molecule has 0 amide bonds. The van der Waals surface area contributed by atoms with Crippen molar-refractivity contribution in [3.63, 3.8) is 0 Å². The van der Waals surface area contributed by atoms with E-state index in [1.165, 1.54) is 0 Å². The second-order valence-electron chi connectivity index (χ2n) is 3.94. The van der Waals surface area contributed by atoms with Gasteiger partial charge in [-0.3, -0.25) is 4.21 Å². The molecule has 16 heavy (non-hydrogen) atoms. The monoisotopic (exact) mass is 233 g/mol. The Morgan fingerprint density at radius 1 is 1.19 bits per heavy atom. The first-order valence-electron chi connectivity index (χ1n) is 5.22. The number of hydrogen-bond acceptors (Lipinski definition) is 2. The van der Waals surface area contributed by atoms with Crippen molar-refractivity contribution in [2.75, 3.05) is 5.75 Å². The van der Waals surface area contributed by atoms with E-state index < -0.39 is 11.1 Å². The van der Waals surface area contributed by atoms with Crippen LogP contribution in [0.25, 0.3) is 10.8 Å². The maximum Gasteiger partial charge on any atom is 0.0168 e. The molecule has 0 aliphatic rings. The van der Waals surface area contributed by atoms with Gasteiger partial charge in [0.15, 0.2) is 0 Å². The summed E-state index contributed by atoms with van der Waals surface area (Å²) in [5.74, 6) is 0.206. The third-order valence-corrected chi connectivity index (χ3v) is 3.51. The van der Waals surface area contributed by atoms with E-state index in [-0.39, 0.29) is 11.7 Å². The van der Waals surface area contributed by atoms with Crippen LogP contribution in [0, 0.1) is 0 Å². The zero-order chi connectivity index (χ0) is 11.5. The number of benzene rings is 2. The van der Waals surface area contributed by atoms with Crippen LogP contribution in [0.15, 0.2) is 42.5 Å². The second-order valence-corrected chi connectivity index (χ2v) is 4.88. The Labute approximate surface area is 97.6 Å². The highest BCUT2D eigenvalue weighted by atomic mass is 32.2. The number of fused-ring (bicyclic) bond motifs is 1. The molecule has 2 atom stereocenters. The molecule has 0 fully saturated rings. The lowest BCUT2D eigenvalue weighted by atomic mass is 9.96. The smallest absolute Gasteiger partial charge is 0.0168 e. The molecule has 0 heterocycles. The first-order chi connectivity index (χ1) is 7.68. The van der Waals surface area contributed by atoms with Gasteiger partial charge in [-0.2, -0.15) is 0 Å². The van der Waals surface area contributed by atoms with Gasteiger partial charge in [0.1, 0.15) is 0 Å². The summed E-state index contributed by atoms with van der Waals surface area (Å²) in [4.78, 5) is 0. The number of hydrogen-bond donors (Lipinski definition) is 0. The highest BCUT2D eigenvalue weighted by Gasteiger charge is 2.08. The molecular formula is C13H13O2S-. The van der Waals surface area contributed by atoms with E-state index in [0.29, 0.717) is 0 Å². The first kappa shape index (κ1) is 11.3. The van der Waals surface area contributed by atoms with Gasteiger partial charge in [0.05, 0.1) is 0 Å². The van der Waals surface area contributed by atoms with Gasteiger partial charge in [0.25, 0.3) is 0 Å². The van der Waals surface area contributed by atoms with Crippen LogP contribution < -0.4 is 0 Å². The lowest BCUT2D eigenvalue weighted by Gasteiger charge is -2.16. The molecule has 0 N–H and O–H groups in total. The fourth-order valence-corrected chi connectivity index (χ4v) is 2.56. The maximum atomic E-state index is 10.7. The van der Waals surface area contributed by atoms with Crippen molar-refractivity contribution >= 4 is 21.9 Å². The van der Waals surface area contributed by atoms with E-state index in [4.69, 9.17) is 0 Å². The second kappa shape index (κ2) is 4.76. The van der Waals surface area contributed by atoms with Gasteiger partial charge in [-0.25, -0.2) is 0 Å². The van der Waals surface area contributed by atoms with Crippen LogP contribution in [0.5, 0.6) is 0 Å². The largest absolute Gasteiger partial charge is 0.772 e. The molecule has 0 aliphatic carbocycles. The molecule has 84 valence electrons. The highest BCUT2D eigenvalue weighted by Crippen LogP contribution is 2.25. The molecule has 0 spiro atoms. The van der Waals surface area contributed by atoms with E-state index in [1.807, 2.05) is 49.4 Å². The quantitative estimate of drug-likeness (QED) is 0.765. The molecule has 2 aromatic carbocycles. The van der Waals surface area contributed by atoms with Crippen molar-refractivity contribution in [1.82, 2.24) is 0 Å². The lowest BCUT2D eigenvalue weighted by molar-refractivity contribution is 0.532. The minimum absolute atomic E-state index is 0.0319. The van der Waals surface area contributed by atoms with Crippen LogP contribution in [0.2, 0.25) is 0 Å². The van der Waals surface area contributed by atoms with Gasteiger partial charge in [0.2, 0.25) is 0 Å². The minimum Gasteiger partial charge on any atom is -0.772 e. The van der Waals surface area contributed by atoms with Gasteiger partial charge in [-0.15, -0.1) is 0 Å². The van der Waals surface area contributed by atoms with E-state index in [2.05, 4.69) is 0 Å². The van der Waals surface area contributed by atoms with Gasteiger partial charge in [0, 0.05) is 5.75 Å². The average molecular weight is 233 g/mol. The molecule has 0 saturated heterocycles. The Kier molecular flexibility index (Phi) is 3.36. The van der Waals surface area contributed by atoms with Crippen molar-refractivity contribution in [1.29, 1.82) is 0 Å². The molecule has 0 radical (unpaired) electrons. The van der Waals surface area contributed by atoms with Gasteiger partial charge in [-0.05, 0) is 22.3 Å². The van der Waals surface area contributed by atoms with Gasteiger partial charge >= 0.3 is 0 Å². The highest BCUT2D eigenvalue weighted by molar-refractivity contribution is 7.79. The topological polar surface area (TPSA) is 40.1 Å². The molecule has 2 nitrogen and oxygen atoms in total. The Bertz CT molecular complexity index is 517. The van der Waals surface area contributed by atoms with Crippen LogP contribution in [-0.2, 0) is 11.1 Å². The summed E-state index contributed by atoms with van der Waals surface area (Å²) in [7, 11) is 0. The molecule has 2 aromatic rings. The summed E-state index contributed by atoms with van der Waals surface area (Å²) < 4.78 is 21.4. The molecule has 0 aromatic heterocycles. The Balaban J connectivity index is 2.47. The zero-order valence-corrected chi connectivity index (χ0v) is 9.87. The minimum atomic E-state index is -1.99. The van der Waals surface area contributed by atoms with Crippen molar-refractivity contribution < 1.29 is 8.76 Å². The molecule has 0 saturated carbocycles. The van der Waals surface area contributed by atoms with Crippen molar-refractivity contribution in [2.24, 2.45) is 0 Å². The summed E-state index contributed by atoms with van der Waals surface area (Å²) in [6, 6.07) is 14.1. The zero-order valence-electron chi connectivity index (χ0n) is 9.05. The Morgan fingerprint density at radius 3 is 2.62 bits per heavy atom. The van der Waals surface area contributed by atoms with Crippen LogP contribution in [0.3, 0.4) is 0 Å². The van der Waals surface area contributed by atoms with Crippen LogP contribution in [0.4, 0.5) is 0 Å². The molecule has 0 bridgehead atoms. The summed E-state index contributed by atoms with van der Waals surface area (Å²) in [5.41, 5.74) is 1.10. The Hall–Kier alpha value is -1.19. The molecule has 2 rings (SSSR count). The predicted octanol–water partition coefficient (Wildman–Crippen LogP) is 2.82. The van der Waals surface area contributed by atoms with E-state index in [1.54, 1.807) is 0 Å². The Morgan fingerprint density at radius 2 is 1.88 bits per heavy atom. The normalized spacial score (nSPS) is 14.9. The predicted molar refractivity (Wildman–Crippen MR) is 66.1 cm³/mol. The van der Waals surface area contributed by atoms with Crippen LogP contribution >= 0.6 is 0 Å².